The summed E-state index contributed by atoms with van der Waals surface area (Å²) in [7, 11) is 3.94. The molecule has 0 aliphatic heterocycles. The van der Waals surface area contributed by atoms with Crippen molar-refractivity contribution in [3.05, 3.63) is 24.5 Å². The summed E-state index contributed by atoms with van der Waals surface area (Å²) in [6.07, 6.45) is 1.66. The topological polar surface area (TPSA) is 76.2 Å². The van der Waals surface area contributed by atoms with Crippen molar-refractivity contribution >= 4 is 22.6 Å². The van der Waals surface area contributed by atoms with E-state index >= 15 is 0 Å². The highest BCUT2D eigenvalue weighted by atomic mass is 16.1. The van der Waals surface area contributed by atoms with Crippen LogP contribution in [0.25, 0.3) is 11.0 Å². The molecule has 19 heavy (non-hydrogen) atoms. The molecule has 0 aliphatic carbocycles. The molecule has 0 fully saturated rings. The van der Waals surface area contributed by atoms with Gasteiger partial charge in [0.2, 0.25) is 5.91 Å². The molecule has 0 spiro atoms. The summed E-state index contributed by atoms with van der Waals surface area (Å²) in [5, 5.41) is 2.87. The molecule has 2 aromatic rings. The average Bonchev–Trinajstić information content (AvgIpc) is 2.71. The van der Waals surface area contributed by atoms with Crippen LogP contribution in [0.15, 0.2) is 24.5 Å². The summed E-state index contributed by atoms with van der Waals surface area (Å²) in [5.41, 5.74) is 8.09. The largest absolute Gasteiger partial charge is 0.399 e. The molecule has 3 N–H and O–H groups in total. The smallest absolute Gasteiger partial charge is 0.240 e. The van der Waals surface area contributed by atoms with Crippen molar-refractivity contribution in [2.75, 3.05) is 32.9 Å². The number of benzene rings is 1. The van der Waals surface area contributed by atoms with Crippen LogP contribution in [0.3, 0.4) is 0 Å². The van der Waals surface area contributed by atoms with E-state index in [0.29, 0.717) is 12.2 Å². The molecular formula is C13H19N5O. The third-order valence-corrected chi connectivity index (χ3v) is 2.84. The maximum absolute atomic E-state index is 11.8. The molecule has 102 valence electrons. The van der Waals surface area contributed by atoms with Crippen molar-refractivity contribution in [2.24, 2.45) is 0 Å². The fourth-order valence-electron chi connectivity index (χ4n) is 1.84. The van der Waals surface area contributed by atoms with Crippen LogP contribution in [0.5, 0.6) is 0 Å². The molecule has 2 rings (SSSR count). The van der Waals surface area contributed by atoms with Gasteiger partial charge in [-0.15, -0.1) is 0 Å². The van der Waals surface area contributed by atoms with E-state index in [4.69, 9.17) is 5.73 Å². The molecule has 0 saturated carbocycles. The number of hydrogen-bond donors (Lipinski definition) is 2. The number of likely N-dealkylation sites (N-methyl/N-ethyl adjacent to an activating group) is 1. The molecule has 0 aliphatic rings. The predicted octanol–water partition coefficient (Wildman–Crippen LogP) is 0.296. The lowest BCUT2D eigenvalue weighted by Gasteiger charge is -2.10. The highest BCUT2D eigenvalue weighted by molar-refractivity contribution is 5.82. The van der Waals surface area contributed by atoms with Gasteiger partial charge in [-0.3, -0.25) is 4.79 Å². The maximum atomic E-state index is 11.8. The average molecular weight is 261 g/mol. The van der Waals surface area contributed by atoms with Crippen LogP contribution >= 0.6 is 0 Å². The Hall–Kier alpha value is -2.08. The van der Waals surface area contributed by atoms with E-state index in [2.05, 4.69) is 10.3 Å². The molecule has 1 amide bonds. The predicted molar refractivity (Wildman–Crippen MR) is 75.7 cm³/mol. The summed E-state index contributed by atoms with van der Waals surface area (Å²) in [5.74, 6) is -0.0158. The molecule has 0 atom stereocenters. The number of amides is 1. The van der Waals surface area contributed by atoms with Gasteiger partial charge in [0.05, 0.1) is 17.4 Å². The minimum absolute atomic E-state index is 0.0158. The molecule has 1 aromatic heterocycles. The Morgan fingerprint density at radius 3 is 3.00 bits per heavy atom. The number of hydrogen-bond acceptors (Lipinski definition) is 4. The van der Waals surface area contributed by atoms with E-state index in [-0.39, 0.29) is 12.5 Å². The number of nitrogens with two attached hydrogens (primary N) is 1. The summed E-state index contributed by atoms with van der Waals surface area (Å²) in [6.45, 7) is 1.74. The monoisotopic (exact) mass is 261 g/mol. The lowest BCUT2D eigenvalue weighted by molar-refractivity contribution is -0.121. The number of fused-ring (bicyclic) bond motifs is 1. The van der Waals surface area contributed by atoms with Gasteiger partial charge < -0.3 is 20.5 Å². The van der Waals surface area contributed by atoms with Crippen LogP contribution in [0, 0.1) is 0 Å². The van der Waals surface area contributed by atoms with Gasteiger partial charge in [-0.2, -0.15) is 0 Å². The van der Waals surface area contributed by atoms with Gasteiger partial charge in [0.15, 0.2) is 0 Å². The van der Waals surface area contributed by atoms with Crippen molar-refractivity contribution < 1.29 is 4.79 Å². The number of carbonyl (C=O) groups excluding carboxylic acids is 1. The van der Waals surface area contributed by atoms with Crippen molar-refractivity contribution in [3.8, 4) is 0 Å². The Labute approximate surface area is 112 Å². The van der Waals surface area contributed by atoms with Crippen LogP contribution in [0.2, 0.25) is 0 Å². The van der Waals surface area contributed by atoms with Crippen molar-refractivity contribution in [3.63, 3.8) is 0 Å². The minimum Gasteiger partial charge on any atom is -0.399 e. The number of anilines is 1. The number of aromatic nitrogens is 2. The van der Waals surface area contributed by atoms with E-state index in [1.54, 1.807) is 12.4 Å². The number of carbonyl (C=O) groups is 1. The second-order valence-corrected chi connectivity index (χ2v) is 4.77. The lowest BCUT2D eigenvalue weighted by atomic mass is 10.3. The molecule has 0 saturated heterocycles. The first-order valence-electron chi connectivity index (χ1n) is 6.18. The Kier molecular flexibility index (Phi) is 4.01. The van der Waals surface area contributed by atoms with E-state index in [9.17, 15) is 4.79 Å². The van der Waals surface area contributed by atoms with Crippen LogP contribution in [0.4, 0.5) is 5.69 Å². The molecule has 0 radical (unpaired) electrons. The van der Waals surface area contributed by atoms with Gasteiger partial charge in [-0.1, -0.05) is 0 Å². The molecule has 0 unspecified atom stereocenters. The van der Waals surface area contributed by atoms with Gasteiger partial charge in [-0.25, -0.2) is 4.98 Å². The molecular weight excluding hydrogens is 242 g/mol. The molecule has 1 heterocycles. The number of nitrogens with one attached hydrogen (secondary N) is 1. The second kappa shape index (κ2) is 5.71. The van der Waals surface area contributed by atoms with E-state index < -0.39 is 0 Å². The highest BCUT2D eigenvalue weighted by Gasteiger charge is 2.07. The Morgan fingerprint density at radius 2 is 2.26 bits per heavy atom. The zero-order chi connectivity index (χ0) is 13.8. The first-order valence-corrected chi connectivity index (χ1v) is 6.18. The maximum Gasteiger partial charge on any atom is 0.240 e. The van der Waals surface area contributed by atoms with Crippen LogP contribution in [-0.2, 0) is 11.3 Å². The molecule has 1 aromatic carbocycles. The summed E-state index contributed by atoms with van der Waals surface area (Å²) in [6, 6.07) is 5.49. The highest BCUT2D eigenvalue weighted by Crippen LogP contribution is 2.15. The first kappa shape index (κ1) is 13.4. The summed E-state index contributed by atoms with van der Waals surface area (Å²) in [4.78, 5) is 18.1. The molecule has 6 heteroatoms. The first-order chi connectivity index (χ1) is 9.06. The van der Waals surface area contributed by atoms with Crippen LogP contribution in [-0.4, -0.2) is 47.5 Å². The number of nitrogen functional groups attached to an aromatic ring is 1. The van der Waals surface area contributed by atoms with Gasteiger partial charge in [0.1, 0.15) is 6.54 Å². The standard InChI is InChI=1S/C13H19N5O/c1-17(2)6-5-15-13(19)8-18-9-16-11-7-10(14)3-4-12(11)18/h3-4,7,9H,5-6,8,14H2,1-2H3,(H,15,19). The SMILES string of the molecule is CN(C)CCNC(=O)Cn1cnc2cc(N)ccc21. The third-order valence-electron chi connectivity index (χ3n) is 2.84. The van der Waals surface area contributed by atoms with Gasteiger partial charge in [0, 0.05) is 18.8 Å². The Bertz CT molecular complexity index is 575. The van der Waals surface area contributed by atoms with Crippen LogP contribution in [0.1, 0.15) is 0 Å². The number of rotatable bonds is 5. The lowest BCUT2D eigenvalue weighted by Crippen LogP contribution is -2.33. The summed E-state index contributed by atoms with van der Waals surface area (Å²) < 4.78 is 1.82. The Morgan fingerprint density at radius 1 is 1.47 bits per heavy atom. The van der Waals surface area contributed by atoms with Crippen molar-refractivity contribution in [2.45, 2.75) is 6.54 Å². The van der Waals surface area contributed by atoms with Crippen LogP contribution < -0.4 is 11.1 Å². The molecule has 0 bridgehead atoms. The normalized spacial score (nSPS) is 11.1. The van der Waals surface area contributed by atoms with Gasteiger partial charge in [-0.05, 0) is 32.3 Å². The quantitative estimate of drug-likeness (QED) is 0.759. The Balaban J connectivity index is 1.99. The number of nitrogens with zero attached hydrogens (tertiary/aromatic N) is 3. The van der Waals surface area contributed by atoms with E-state index in [1.807, 2.05) is 35.7 Å². The van der Waals surface area contributed by atoms with E-state index in [1.165, 1.54) is 0 Å². The summed E-state index contributed by atoms with van der Waals surface area (Å²) >= 11 is 0. The fraction of sp³-hybridized carbons (Fsp3) is 0.385. The second-order valence-electron chi connectivity index (χ2n) is 4.77. The minimum atomic E-state index is -0.0158. The zero-order valence-electron chi connectivity index (χ0n) is 11.3. The third kappa shape index (κ3) is 3.45. The van der Waals surface area contributed by atoms with Crippen molar-refractivity contribution in [1.29, 1.82) is 0 Å². The van der Waals surface area contributed by atoms with E-state index in [0.717, 1.165) is 17.6 Å². The van der Waals surface area contributed by atoms with Gasteiger partial charge >= 0.3 is 0 Å². The molecule has 6 nitrogen and oxygen atoms in total. The van der Waals surface area contributed by atoms with Crippen molar-refractivity contribution in [1.82, 2.24) is 19.8 Å². The fourth-order valence-corrected chi connectivity index (χ4v) is 1.84. The number of imidazole rings is 1. The van der Waals surface area contributed by atoms with Gasteiger partial charge in [0.25, 0.3) is 0 Å². The zero-order valence-corrected chi connectivity index (χ0v) is 11.3.